The quantitative estimate of drug-likeness (QED) is 0.574. The van der Waals surface area contributed by atoms with E-state index in [4.69, 9.17) is 16.3 Å². The predicted molar refractivity (Wildman–Crippen MR) is 121 cm³/mol. The van der Waals surface area contributed by atoms with Crippen LogP contribution < -0.4 is 20.7 Å². The normalized spacial score (nSPS) is 13.6. The maximum atomic E-state index is 13.2. The van der Waals surface area contributed by atoms with Crippen LogP contribution in [0.15, 0.2) is 36.4 Å². The number of benzene rings is 2. The number of ether oxygens (including phenoxy) is 1. The third kappa shape index (κ3) is 7.55. The van der Waals surface area contributed by atoms with Crippen molar-refractivity contribution in [1.29, 1.82) is 0 Å². The summed E-state index contributed by atoms with van der Waals surface area (Å²) in [5.74, 6) is 0.0477. The van der Waals surface area contributed by atoms with Gasteiger partial charge in [-0.15, -0.1) is 24.8 Å². The Morgan fingerprint density at radius 3 is 2.62 bits per heavy atom. The van der Waals surface area contributed by atoms with Crippen LogP contribution in [0.25, 0.3) is 0 Å². The maximum absolute atomic E-state index is 13.2. The summed E-state index contributed by atoms with van der Waals surface area (Å²) >= 11 is 5.74. The van der Waals surface area contributed by atoms with E-state index in [1.807, 2.05) is 25.1 Å². The van der Waals surface area contributed by atoms with Gasteiger partial charge in [0.25, 0.3) is 0 Å². The van der Waals surface area contributed by atoms with Crippen LogP contribution in [0.4, 0.5) is 15.8 Å². The highest BCUT2D eigenvalue weighted by molar-refractivity contribution is 6.31. The van der Waals surface area contributed by atoms with Crippen LogP contribution >= 0.6 is 36.4 Å². The molecule has 1 aliphatic rings. The minimum atomic E-state index is -0.493. The highest BCUT2D eigenvalue weighted by Crippen LogP contribution is 2.24. The average Bonchev–Trinajstić information content (AvgIpc) is 2.66. The number of rotatable bonds is 6. The number of halogens is 4. The minimum Gasteiger partial charge on any atom is -0.490 e. The summed E-state index contributed by atoms with van der Waals surface area (Å²) in [6.07, 6.45) is 2.14. The molecule has 1 saturated heterocycles. The van der Waals surface area contributed by atoms with Crippen LogP contribution in [-0.4, -0.2) is 31.6 Å². The van der Waals surface area contributed by atoms with E-state index in [0.29, 0.717) is 11.4 Å². The Balaban J connectivity index is 0.00000210. The number of carbonyl (C=O) groups excluding carboxylic acids is 1. The van der Waals surface area contributed by atoms with Gasteiger partial charge in [-0.2, -0.15) is 0 Å². The van der Waals surface area contributed by atoms with Crippen molar-refractivity contribution in [2.24, 2.45) is 0 Å². The van der Waals surface area contributed by atoms with Gasteiger partial charge in [0.2, 0.25) is 5.91 Å². The van der Waals surface area contributed by atoms with Gasteiger partial charge in [-0.25, -0.2) is 4.39 Å². The summed E-state index contributed by atoms with van der Waals surface area (Å²) in [6, 6.07) is 9.94. The largest absolute Gasteiger partial charge is 0.490 e. The highest BCUT2D eigenvalue weighted by atomic mass is 35.5. The minimum absolute atomic E-state index is 0. The summed E-state index contributed by atoms with van der Waals surface area (Å²) < 4.78 is 19.2. The van der Waals surface area contributed by atoms with Gasteiger partial charge in [0, 0.05) is 17.4 Å². The van der Waals surface area contributed by atoms with Crippen LogP contribution in [-0.2, 0) is 4.79 Å². The number of hydrogen-bond donors (Lipinski definition) is 3. The lowest BCUT2D eigenvalue weighted by Crippen LogP contribution is -2.34. The van der Waals surface area contributed by atoms with Crippen molar-refractivity contribution in [3.63, 3.8) is 0 Å². The second-order valence-electron chi connectivity index (χ2n) is 6.57. The number of hydrogen-bond acceptors (Lipinski definition) is 4. The van der Waals surface area contributed by atoms with E-state index in [2.05, 4.69) is 16.0 Å². The first-order chi connectivity index (χ1) is 13.0. The molecule has 0 unspecified atom stereocenters. The standard InChI is InChI=1S/C20H23ClFN3O2.2ClH/c1-13-2-4-16(27-15-6-8-23-9-7-15)11-19(13)25-20(26)12-24-14-3-5-18(22)17(21)10-14;;/h2-5,10-11,15,23-24H,6-9,12H2,1H3,(H,25,26);2*1H. The van der Waals surface area contributed by atoms with Crippen molar-refractivity contribution in [2.45, 2.75) is 25.9 Å². The number of piperidine rings is 1. The van der Waals surface area contributed by atoms with Gasteiger partial charge < -0.3 is 20.7 Å². The van der Waals surface area contributed by atoms with Crippen molar-refractivity contribution < 1.29 is 13.9 Å². The molecular weight excluding hydrogens is 440 g/mol. The topological polar surface area (TPSA) is 62.4 Å². The van der Waals surface area contributed by atoms with Gasteiger partial charge in [0.1, 0.15) is 17.7 Å². The molecule has 0 bridgehead atoms. The Morgan fingerprint density at radius 2 is 1.93 bits per heavy atom. The van der Waals surface area contributed by atoms with Crippen molar-refractivity contribution in [3.8, 4) is 5.75 Å². The summed E-state index contributed by atoms with van der Waals surface area (Å²) in [7, 11) is 0. The van der Waals surface area contributed by atoms with E-state index in [1.54, 1.807) is 0 Å². The van der Waals surface area contributed by atoms with Crippen LogP contribution in [0.1, 0.15) is 18.4 Å². The van der Waals surface area contributed by atoms with Gasteiger partial charge in [-0.05, 0) is 62.7 Å². The molecule has 160 valence electrons. The van der Waals surface area contributed by atoms with Crippen LogP contribution in [0.2, 0.25) is 5.02 Å². The van der Waals surface area contributed by atoms with Crippen molar-refractivity contribution >= 4 is 53.7 Å². The van der Waals surface area contributed by atoms with Crippen LogP contribution in [0, 0.1) is 12.7 Å². The average molecular weight is 465 g/mol. The molecule has 0 atom stereocenters. The van der Waals surface area contributed by atoms with E-state index >= 15 is 0 Å². The summed E-state index contributed by atoms with van der Waals surface area (Å²) in [5.41, 5.74) is 2.24. The summed E-state index contributed by atoms with van der Waals surface area (Å²) in [6.45, 7) is 3.89. The van der Waals surface area contributed by atoms with E-state index in [1.165, 1.54) is 18.2 Å². The number of nitrogens with one attached hydrogen (secondary N) is 3. The molecule has 3 N–H and O–H groups in total. The second-order valence-corrected chi connectivity index (χ2v) is 6.98. The van der Waals surface area contributed by atoms with Gasteiger partial charge in [0.15, 0.2) is 0 Å². The van der Waals surface area contributed by atoms with Gasteiger partial charge in [-0.1, -0.05) is 17.7 Å². The Hall–Kier alpha value is -1.73. The highest BCUT2D eigenvalue weighted by Gasteiger charge is 2.15. The zero-order valence-electron chi connectivity index (χ0n) is 16.0. The molecule has 2 aromatic carbocycles. The Morgan fingerprint density at radius 1 is 1.21 bits per heavy atom. The molecule has 0 spiro atoms. The summed E-state index contributed by atoms with van der Waals surface area (Å²) in [4.78, 5) is 12.3. The first kappa shape index (κ1) is 25.3. The molecule has 1 aliphatic heterocycles. The first-order valence-corrected chi connectivity index (χ1v) is 9.36. The Kier molecular flexibility index (Phi) is 10.5. The molecule has 0 aromatic heterocycles. The Labute approximate surface area is 187 Å². The van der Waals surface area contributed by atoms with E-state index in [-0.39, 0.29) is 48.4 Å². The van der Waals surface area contributed by atoms with Crippen molar-refractivity contribution in [2.75, 3.05) is 30.3 Å². The number of amides is 1. The zero-order valence-corrected chi connectivity index (χ0v) is 18.4. The first-order valence-electron chi connectivity index (χ1n) is 8.98. The zero-order chi connectivity index (χ0) is 19.2. The monoisotopic (exact) mass is 463 g/mol. The van der Waals surface area contributed by atoms with Gasteiger partial charge >= 0.3 is 0 Å². The molecule has 5 nitrogen and oxygen atoms in total. The lowest BCUT2D eigenvalue weighted by atomic mass is 10.1. The molecular formula is C20H25Cl3FN3O2. The molecule has 1 fully saturated rings. The molecule has 9 heteroatoms. The molecule has 0 radical (unpaired) electrons. The molecule has 3 rings (SSSR count). The fourth-order valence-corrected chi connectivity index (χ4v) is 3.08. The second kappa shape index (κ2) is 12.1. The van der Waals surface area contributed by atoms with Crippen LogP contribution in [0.3, 0.4) is 0 Å². The summed E-state index contributed by atoms with van der Waals surface area (Å²) in [5, 5.41) is 9.14. The molecule has 29 heavy (non-hydrogen) atoms. The van der Waals surface area contributed by atoms with E-state index < -0.39 is 5.82 Å². The molecule has 1 heterocycles. The third-order valence-corrected chi connectivity index (χ3v) is 4.73. The number of anilines is 2. The number of carbonyl (C=O) groups is 1. The molecule has 0 aliphatic carbocycles. The van der Waals surface area contributed by atoms with Crippen molar-refractivity contribution in [3.05, 3.63) is 52.8 Å². The predicted octanol–water partition coefficient (Wildman–Crippen LogP) is 4.81. The molecule has 2 aromatic rings. The van der Waals surface area contributed by atoms with E-state index in [0.717, 1.165) is 37.2 Å². The smallest absolute Gasteiger partial charge is 0.243 e. The lowest BCUT2D eigenvalue weighted by molar-refractivity contribution is -0.114. The van der Waals surface area contributed by atoms with Crippen LogP contribution in [0.5, 0.6) is 5.75 Å². The molecule has 1 amide bonds. The fraction of sp³-hybridized carbons (Fsp3) is 0.350. The fourth-order valence-electron chi connectivity index (χ4n) is 2.90. The van der Waals surface area contributed by atoms with Gasteiger partial charge in [-0.3, -0.25) is 4.79 Å². The van der Waals surface area contributed by atoms with Gasteiger partial charge in [0.05, 0.1) is 11.6 Å². The van der Waals surface area contributed by atoms with E-state index in [9.17, 15) is 9.18 Å². The SMILES string of the molecule is Cc1ccc(OC2CCNCC2)cc1NC(=O)CNc1ccc(F)c(Cl)c1.Cl.Cl. The lowest BCUT2D eigenvalue weighted by Gasteiger charge is -2.24. The van der Waals surface area contributed by atoms with Crippen molar-refractivity contribution in [1.82, 2.24) is 5.32 Å². The number of aryl methyl sites for hydroxylation is 1. The molecule has 0 saturated carbocycles. The Bertz CT molecular complexity index is 818. The third-order valence-electron chi connectivity index (χ3n) is 4.44. The maximum Gasteiger partial charge on any atom is 0.243 e.